The maximum absolute atomic E-state index is 13.7. The average molecular weight is 414 g/mol. The van der Waals surface area contributed by atoms with Gasteiger partial charge in [0.05, 0.1) is 12.3 Å². The summed E-state index contributed by atoms with van der Waals surface area (Å²) in [6, 6.07) is 12.4. The Morgan fingerprint density at radius 1 is 0.800 bits per heavy atom. The van der Waals surface area contributed by atoms with Crippen molar-refractivity contribution in [2.24, 2.45) is 0 Å². The van der Waals surface area contributed by atoms with Crippen LogP contribution in [0.4, 0.5) is 4.39 Å². The summed E-state index contributed by atoms with van der Waals surface area (Å²) in [7, 11) is 0. The molecule has 0 saturated carbocycles. The molecule has 2 nitrogen and oxygen atoms in total. The lowest BCUT2D eigenvalue weighted by atomic mass is 10.0. The molecule has 2 rings (SSSR count). The fourth-order valence-corrected chi connectivity index (χ4v) is 3.64. The minimum Gasteiger partial charge on any atom is -0.494 e. The van der Waals surface area contributed by atoms with Gasteiger partial charge in [-0.3, -0.25) is 4.98 Å². The van der Waals surface area contributed by atoms with Crippen LogP contribution in [0.15, 0.2) is 42.6 Å². The van der Waals surface area contributed by atoms with Crippen LogP contribution < -0.4 is 4.74 Å². The highest BCUT2D eigenvalue weighted by atomic mass is 19.1. The first-order valence-electron chi connectivity index (χ1n) is 12.0. The number of rotatable bonds is 16. The largest absolute Gasteiger partial charge is 0.494 e. The first-order valence-corrected chi connectivity index (χ1v) is 12.0. The third-order valence-corrected chi connectivity index (χ3v) is 5.60. The number of alkyl halides is 1. The lowest BCUT2D eigenvalue weighted by molar-refractivity contribution is 0.284. The molecular formula is C27H40FNO. The third kappa shape index (κ3) is 9.73. The van der Waals surface area contributed by atoms with E-state index in [1.807, 2.05) is 18.3 Å². The van der Waals surface area contributed by atoms with Crippen molar-refractivity contribution in [3.05, 3.63) is 48.2 Å². The zero-order valence-electron chi connectivity index (χ0n) is 19.0. The summed E-state index contributed by atoms with van der Waals surface area (Å²) in [5.41, 5.74) is 3.24. The standard InChI is InChI=1S/C27H40FNO/c1-3-5-7-8-9-10-21-30-26-18-16-24(17-19-26)27-20-15-23(22-29-27)12-11-14-25(28)13-6-4-2/h15-20,22,25H,3-14,21H2,1-2H3. The first kappa shape index (κ1) is 24.4. The Balaban J connectivity index is 1.70. The molecule has 0 amide bonds. The van der Waals surface area contributed by atoms with Crippen molar-refractivity contribution in [2.45, 2.75) is 97.1 Å². The summed E-state index contributed by atoms with van der Waals surface area (Å²) in [4.78, 5) is 4.60. The Morgan fingerprint density at radius 2 is 1.50 bits per heavy atom. The molecule has 30 heavy (non-hydrogen) atoms. The Bertz CT molecular complexity index is 668. The van der Waals surface area contributed by atoms with Crippen LogP contribution >= 0.6 is 0 Å². The van der Waals surface area contributed by atoms with Gasteiger partial charge in [0.1, 0.15) is 11.9 Å². The third-order valence-electron chi connectivity index (χ3n) is 5.60. The lowest BCUT2D eigenvalue weighted by Gasteiger charge is -2.09. The number of benzene rings is 1. The minimum absolute atomic E-state index is 0.654. The number of nitrogens with zero attached hydrogens (tertiary/aromatic N) is 1. The van der Waals surface area contributed by atoms with Crippen LogP contribution in [0.25, 0.3) is 11.3 Å². The maximum Gasteiger partial charge on any atom is 0.119 e. The zero-order valence-corrected chi connectivity index (χ0v) is 19.0. The molecule has 1 heterocycles. The van der Waals surface area contributed by atoms with Crippen molar-refractivity contribution in [1.82, 2.24) is 4.98 Å². The van der Waals surface area contributed by atoms with Gasteiger partial charge in [0, 0.05) is 11.8 Å². The van der Waals surface area contributed by atoms with Crippen LogP contribution in [0.5, 0.6) is 5.75 Å². The van der Waals surface area contributed by atoms with E-state index in [-0.39, 0.29) is 0 Å². The zero-order chi connectivity index (χ0) is 21.4. The molecular weight excluding hydrogens is 373 g/mol. The van der Waals surface area contributed by atoms with E-state index in [2.05, 4.69) is 43.1 Å². The monoisotopic (exact) mass is 413 g/mol. The van der Waals surface area contributed by atoms with Gasteiger partial charge in [0.25, 0.3) is 0 Å². The average Bonchev–Trinajstić information content (AvgIpc) is 2.78. The van der Waals surface area contributed by atoms with Crippen molar-refractivity contribution in [3.8, 4) is 17.0 Å². The number of unbranched alkanes of at least 4 members (excludes halogenated alkanes) is 6. The fourth-order valence-electron chi connectivity index (χ4n) is 3.64. The highest BCUT2D eigenvalue weighted by molar-refractivity contribution is 5.60. The second-order valence-electron chi connectivity index (χ2n) is 8.32. The van der Waals surface area contributed by atoms with Gasteiger partial charge in [-0.05, 0) is 68.0 Å². The Kier molecular flexibility index (Phi) is 12.2. The second kappa shape index (κ2) is 15.0. The smallest absolute Gasteiger partial charge is 0.119 e. The number of ether oxygens (including phenoxy) is 1. The molecule has 0 fully saturated rings. The van der Waals surface area contributed by atoms with E-state index in [4.69, 9.17) is 4.74 Å². The van der Waals surface area contributed by atoms with Crippen molar-refractivity contribution in [3.63, 3.8) is 0 Å². The molecule has 0 saturated heterocycles. The van der Waals surface area contributed by atoms with Crippen LogP contribution in [0.2, 0.25) is 0 Å². The number of halogens is 1. The molecule has 1 aromatic carbocycles. The molecule has 0 radical (unpaired) electrons. The van der Waals surface area contributed by atoms with Gasteiger partial charge in [-0.25, -0.2) is 4.39 Å². The Hall–Kier alpha value is -1.90. The van der Waals surface area contributed by atoms with Gasteiger partial charge in [0.15, 0.2) is 0 Å². The van der Waals surface area contributed by atoms with Crippen molar-refractivity contribution in [1.29, 1.82) is 0 Å². The fraction of sp³-hybridized carbons (Fsp3) is 0.593. The second-order valence-corrected chi connectivity index (χ2v) is 8.32. The molecule has 0 N–H and O–H groups in total. The van der Waals surface area contributed by atoms with Crippen molar-refractivity contribution < 1.29 is 9.13 Å². The lowest BCUT2D eigenvalue weighted by Crippen LogP contribution is -2.01. The minimum atomic E-state index is -0.654. The summed E-state index contributed by atoms with van der Waals surface area (Å²) in [6.07, 6.45) is 14.1. The molecule has 0 aliphatic heterocycles. The molecule has 1 atom stereocenters. The van der Waals surface area contributed by atoms with Gasteiger partial charge in [0.2, 0.25) is 0 Å². The van der Waals surface area contributed by atoms with Gasteiger partial charge in [-0.15, -0.1) is 0 Å². The van der Waals surface area contributed by atoms with E-state index in [1.165, 1.54) is 37.7 Å². The highest BCUT2D eigenvalue weighted by Gasteiger charge is 2.06. The predicted molar refractivity (Wildman–Crippen MR) is 126 cm³/mol. The van der Waals surface area contributed by atoms with Gasteiger partial charge in [-0.2, -0.15) is 0 Å². The topological polar surface area (TPSA) is 22.1 Å². The van der Waals surface area contributed by atoms with E-state index >= 15 is 0 Å². The molecule has 1 aromatic heterocycles. The van der Waals surface area contributed by atoms with Gasteiger partial charge >= 0.3 is 0 Å². The van der Waals surface area contributed by atoms with E-state index < -0.39 is 6.17 Å². The summed E-state index contributed by atoms with van der Waals surface area (Å²) >= 11 is 0. The number of aromatic nitrogens is 1. The van der Waals surface area contributed by atoms with Crippen LogP contribution in [0, 0.1) is 0 Å². The van der Waals surface area contributed by atoms with E-state index in [9.17, 15) is 4.39 Å². The normalized spacial score (nSPS) is 12.1. The summed E-state index contributed by atoms with van der Waals surface area (Å²) in [6.45, 7) is 5.14. The van der Waals surface area contributed by atoms with Gasteiger partial charge in [-0.1, -0.05) is 64.9 Å². The molecule has 0 aliphatic rings. The Morgan fingerprint density at radius 3 is 2.20 bits per heavy atom. The number of aryl methyl sites for hydroxylation is 1. The SMILES string of the molecule is CCCCCCCCOc1ccc(-c2ccc(CCCC(F)CCCC)cn2)cc1. The van der Waals surface area contributed by atoms with Crippen LogP contribution in [0.1, 0.15) is 90.0 Å². The van der Waals surface area contributed by atoms with Crippen LogP contribution in [-0.2, 0) is 6.42 Å². The summed E-state index contributed by atoms with van der Waals surface area (Å²) in [5.74, 6) is 0.924. The number of pyridine rings is 1. The Labute approximate surface area is 183 Å². The van der Waals surface area contributed by atoms with Crippen LogP contribution in [0.3, 0.4) is 0 Å². The number of hydrogen-bond donors (Lipinski definition) is 0. The van der Waals surface area contributed by atoms with Crippen molar-refractivity contribution >= 4 is 0 Å². The summed E-state index contributed by atoms with van der Waals surface area (Å²) in [5, 5.41) is 0. The molecule has 1 unspecified atom stereocenters. The molecule has 3 heteroatoms. The molecule has 0 aliphatic carbocycles. The molecule has 0 bridgehead atoms. The van der Waals surface area contributed by atoms with E-state index in [1.54, 1.807) is 0 Å². The van der Waals surface area contributed by atoms with E-state index in [0.29, 0.717) is 12.8 Å². The van der Waals surface area contributed by atoms with Crippen molar-refractivity contribution in [2.75, 3.05) is 6.61 Å². The van der Waals surface area contributed by atoms with Gasteiger partial charge < -0.3 is 4.74 Å². The summed E-state index contributed by atoms with van der Waals surface area (Å²) < 4.78 is 19.6. The number of hydrogen-bond acceptors (Lipinski definition) is 2. The highest BCUT2D eigenvalue weighted by Crippen LogP contribution is 2.22. The predicted octanol–water partition coefficient (Wildman–Crippen LogP) is 8.34. The van der Waals surface area contributed by atoms with E-state index in [0.717, 1.165) is 55.7 Å². The van der Waals surface area contributed by atoms with Crippen LogP contribution in [-0.4, -0.2) is 17.8 Å². The maximum atomic E-state index is 13.7. The molecule has 2 aromatic rings. The molecule has 166 valence electrons. The quantitative estimate of drug-likeness (QED) is 0.258. The first-order chi connectivity index (χ1) is 14.7. The molecule has 0 spiro atoms.